The maximum absolute atomic E-state index is 12.7. The van der Waals surface area contributed by atoms with Gasteiger partial charge in [0.2, 0.25) is 0 Å². The maximum Gasteiger partial charge on any atom is 0.254 e. The molecule has 2 heterocycles. The SMILES string of the molecule is CCn1ccnc1CN(C)C(=O)c1ccc(CN2CCCCCC2)cc1. The van der Waals surface area contributed by atoms with Crippen LogP contribution >= 0.6 is 0 Å². The Bertz CT molecular complexity index is 699. The molecule has 0 aliphatic carbocycles. The highest BCUT2D eigenvalue weighted by Crippen LogP contribution is 2.15. The van der Waals surface area contributed by atoms with Crippen molar-refractivity contribution in [2.45, 2.75) is 52.2 Å². The Morgan fingerprint density at radius 3 is 2.46 bits per heavy atom. The van der Waals surface area contributed by atoms with Gasteiger partial charge in [0.05, 0.1) is 6.54 Å². The highest BCUT2D eigenvalue weighted by Gasteiger charge is 2.15. The first-order valence-corrected chi connectivity index (χ1v) is 9.74. The molecule has 0 saturated carbocycles. The van der Waals surface area contributed by atoms with Crippen molar-refractivity contribution < 1.29 is 4.79 Å². The van der Waals surface area contributed by atoms with Crippen LogP contribution in [0.1, 0.15) is 54.4 Å². The van der Waals surface area contributed by atoms with E-state index in [4.69, 9.17) is 0 Å². The van der Waals surface area contributed by atoms with E-state index < -0.39 is 0 Å². The Balaban J connectivity index is 1.59. The van der Waals surface area contributed by atoms with Gasteiger partial charge < -0.3 is 9.47 Å². The molecule has 140 valence electrons. The van der Waals surface area contributed by atoms with Crippen molar-refractivity contribution in [3.8, 4) is 0 Å². The van der Waals surface area contributed by atoms with Gasteiger partial charge in [-0.25, -0.2) is 4.98 Å². The third kappa shape index (κ3) is 4.73. The monoisotopic (exact) mass is 354 g/mol. The van der Waals surface area contributed by atoms with Crippen molar-refractivity contribution in [1.82, 2.24) is 19.4 Å². The molecule has 5 nitrogen and oxygen atoms in total. The number of imidazole rings is 1. The average Bonchev–Trinajstić information content (AvgIpc) is 2.95. The normalized spacial score (nSPS) is 15.6. The molecule has 3 rings (SSSR count). The molecule has 0 N–H and O–H groups in total. The minimum atomic E-state index is 0.0389. The highest BCUT2D eigenvalue weighted by molar-refractivity contribution is 5.94. The van der Waals surface area contributed by atoms with Gasteiger partial charge in [0.15, 0.2) is 0 Å². The number of carbonyl (C=O) groups is 1. The number of carbonyl (C=O) groups excluding carboxylic acids is 1. The molecule has 0 unspecified atom stereocenters. The molecule has 1 fully saturated rings. The van der Waals surface area contributed by atoms with E-state index in [0.29, 0.717) is 6.54 Å². The van der Waals surface area contributed by atoms with Gasteiger partial charge in [0.25, 0.3) is 5.91 Å². The summed E-state index contributed by atoms with van der Waals surface area (Å²) < 4.78 is 2.06. The molecule has 1 saturated heterocycles. The molecule has 1 aliphatic heterocycles. The Morgan fingerprint density at radius 2 is 1.81 bits per heavy atom. The third-order valence-electron chi connectivity index (χ3n) is 5.17. The van der Waals surface area contributed by atoms with Crippen LogP contribution in [0.4, 0.5) is 0 Å². The van der Waals surface area contributed by atoms with Crippen LogP contribution in [-0.4, -0.2) is 45.4 Å². The summed E-state index contributed by atoms with van der Waals surface area (Å²) in [6, 6.07) is 8.11. The maximum atomic E-state index is 12.7. The lowest BCUT2D eigenvalue weighted by atomic mass is 10.1. The fraction of sp³-hybridized carbons (Fsp3) is 0.524. The minimum absolute atomic E-state index is 0.0389. The quantitative estimate of drug-likeness (QED) is 0.797. The predicted octanol–water partition coefficient (Wildman–Crippen LogP) is 3.55. The number of likely N-dealkylation sites (tertiary alicyclic amines) is 1. The van der Waals surface area contributed by atoms with Crippen LogP contribution in [-0.2, 0) is 19.6 Å². The lowest BCUT2D eigenvalue weighted by Crippen LogP contribution is -2.28. The predicted molar refractivity (Wildman–Crippen MR) is 104 cm³/mol. The first kappa shape index (κ1) is 18.6. The van der Waals surface area contributed by atoms with Gasteiger partial charge in [-0.1, -0.05) is 25.0 Å². The Hall–Kier alpha value is -2.14. The molecule has 5 heteroatoms. The number of aryl methyl sites for hydroxylation is 1. The van der Waals surface area contributed by atoms with E-state index in [0.717, 1.165) is 24.5 Å². The lowest BCUT2D eigenvalue weighted by Gasteiger charge is -2.20. The summed E-state index contributed by atoms with van der Waals surface area (Å²) in [4.78, 5) is 21.3. The van der Waals surface area contributed by atoms with Crippen LogP contribution in [0.15, 0.2) is 36.7 Å². The minimum Gasteiger partial charge on any atom is -0.334 e. The Labute approximate surface area is 156 Å². The summed E-state index contributed by atoms with van der Waals surface area (Å²) in [5, 5.41) is 0. The van der Waals surface area contributed by atoms with E-state index in [2.05, 4.69) is 33.5 Å². The number of amides is 1. The third-order valence-corrected chi connectivity index (χ3v) is 5.17. The summed E-state index contributed by atoms with van der Waals surface area (Å²) in [7, 11) is 1.84. The van der Waals surface area contributed by atoms with E-state index in [1.807, 2.05) is 25.4 Å². The zero-order valence-corrected chi connectivity index (χ0v) is 16.0. The number of rotatable bonds is 6. The summed E-state index contributed by atoms with van der Waals surface area (Å²) in [6.45, 7) is 6.83. The van der Waals surface area contributed by atoms with Crippen molar-refractivity contribution in [3.63, 3.8) is 0 Å². The molecule has 0 spiro atoms. The summed E-state index contributed by atoms with van der Waals surface area (Å²) >= 11 is 0. The molecule has 1 aromatic carbocycles. The van der Waals surface area contributed by atoms with E-state index in [9.17, 15) is 4.79 Å². The smallest absolute Gasteiger partial charge is 0.254 e. The molecule has 26 heavy (non-hydrogen) atoms. The van der Waals surface area contributed by atoms with Gasteiger partial charge in [0.1, 0.15) is 5.82 Å². The highest BCUT2D eigenvalue weighted by atomic mass is 16.2. The number of hydrogen-bond donors (Lipinski definition) is 0. The number of benzene rings is 1. The van der Waals surface area contributed by atoms with Gasteiger partial charge in [-0.3, -0.25) is 9.69 Å². The van der Waals surface area contributed by atoms with Crippen molar-refractivity contribution in [2.75, 3.05) is 20.1 Å². The number of nitrogens with zero attached hydrogens (tertiary/aromatic N) is 4. The van der Waals surface area contributed by atoms with Crippen LogP contribution in [0.5, 0.6) is 0 Å². The van der Waals surface area contributed by atoms with Gasteiger partial charge in [-0.2, -0.15) is 0 Å². The van der Waals surface area contributed by atoms with Crippen molar-refractivity contribution in [2.24, 2.45) is 0 Å². The molecule has 0 radical (unpaired) electrons. The van der Waals surface area contributed by atoms with Crippen LogP contribution in [0.3, 0.4) is 0 Å². The summed E-state index contributed by atoms with van der Waals surface area (Å²) in [5.41, 5.74) is 2.02. The van der Waals surface area contributed by atoms with E-state index in [-0.39, 0.29) is 5.91 Å². The van der Waals surface area contributed by atoms with E-state index in [1.54, 1.807) is 11.1 Å². The molecule has 0 bridgehead atoms. The lowest BCUT2D eigenvalue weighted by molar-refractivity contribution is 0.0780. The van der Waals surface area contributed by atoms with Gasteiger partial charge >= 0.3 is 0 Å². The molecule has 0 atom stereocenters. The second kappa shape index (κ2) is 8.99. The van der Waals surface area contributed by atoms with Gasteiger partial charge in [-0.05, 0) is 50.6 Å². The number of aromatic nitrogens is 2. The van der Waals surface area contributed by atoms with Crippen LogP contribution in [0.2, 0.25) is 0 Å². The van der Waals surface area contributed by atoms with E-state index >= 15 is 0 Å². The topological polar surface area (TPSA) is 41.4 Å². The summed E-state index contributed by atoms with van der Waals surface area (Å²) in [5.74, 6) is 0.957. The zero-order valence-electron chi connectivity index (χ0n) is 16.0. The van der Waals surface area contributed by atoms with Gasteiger partial charge in [-0.15, -0.1) is 0 Å². The standard InChI is InChI=1S/C21H30N4O/c1-3-25-15-12-22-20(25)17-23(2)21(26)19-10-8-18(9-11-19)16-24-13-6-4-5-7-14-24/h8-12,15H,3-7,13-14,16-17H2,1-2H3. The van der Waals surface area contributed by atoms with Crippen molar-refractivity contribution in [3.05, 3.63) is 53.6 Å². The average molecular weight is 354 g/mol. The van der Waals surface area contributed by atoms with Crippen LogP contribution < -0.4 is 0 Å². The first-order valence-electron chi connectivity index (χ1n) is 9.74. The summed E-state index contributed by atoms with van der Waals surface area (Å²) in [6.07, 6.45) is 9.04. The van der Waals surface area contributed by atoms with E-state index in [1.165, 1.54) is 44.3 Å². The van der Waals surface area contributed by atoms with Gasteiger partial charge in [0, 0.05) is 38.1 Å². The fourth-order valence-electron chi connectivity index (χ4n) is 3.59. The fourth-order valence-corrected chi connectivity index (χ4v) is 3.59. The molecule has 1 amide bonds. The largest absolute Gasteiger partial charge is 0.334 e. The van der Waals surface area contributed by atoms with Crippen LogP contribution in [0.25, 0.3) is 0 Å². The molecular formula is C21H30N4O. The van der Waals surface area contributed by atoms with Crippen molar-refractivity contribution >= 4 is 5.91 Å². The molecule has 1 aliphatic rings. The molecular weight excluding hydrogens is 324 g/mol. The van der Waals surface area contributed by atoms with Crippen molar-refractivity contribution in [1.29, 1.82) is 0 Å². The second-order valence-corrected chi connectivity index (χ2v) is 7.18. The Morgan fingerprint density at radius 1 is 1.12 bits per heavy atom. The molecule has 2 aromatic rings. The second-order valence-electron chi connectivity index (χ2n) is 7.18. The molecule has 1 aromatic heterocycles. The first-order chi connectivity index (χ1) is 12.7. The Kier molecular flexibility index (Phi) is 6.45. The van der Waals surface area contributed by atoms with Crippen LogP contribution in [0, 0.1) is 0 Å². The number of hydrogen-bond acceptors (Lipinski definition) is 3. The zero-order chi connectivity index (χ0) is 18.4.